The van der Waals surface area contributed by atoms with E-state index in [0.29, 0.717) is 18.2 Å². The van der Waals surface area contributed by atoms with Crippen molar-refractivity contribution in [3.63, 3.8) is 0 Å². The molecule has 0 radical (unpaired) electrons. The maximum absolute atomic E-state index is 12.5. The van der Waals surface area contributed by atoms with Crippen molar-refractivity contribution in [3.8, 4) is 11.6 Å². The number of piperidine rings is 1. The minimum atomic E-state index is -0.0502. The van der Waals surface area contributed by atoms with Gasteiger partial charge in [0.1, 0.15) is 17.7 Å². The number of carbonyl (C=O) groups excluding carboxylic acids is 1. The molecule has 0 unspecified atom stereocenters. The van der Waals surface area contributed by atoms with Gasteiger partial charge in [0.15, 0.2) is 0 Å². The average molecular weight is 367 g/mol. The van der Waals surface area contributed by atoms with Gasteiger partial charge in [0.05, 0.1) is 13.7 Å². The summed E-state index contributed by atoms with van der Waals surface area (Å²) in [6.45, 7) is 5.07. The van der Waals surface area contributed by atoms with Gasteiger partial charge in [-0.1, -0.05) is 12.1 Å². The zero-order valence-corrected chi connectivity index (χ0v) is 16.0. The number of likely N-dealkylation sites (tertiary alicyclic amines) is 1. The topological polar surface area (TPSA) is 64.5 Å². The van der Waals surface area contributed by atoms with Crippen molar-refractivity contribution in [1.29, 1.82) is 0 Å². The van der Waals surface area contributed by atoms with E-state index in [9.17, 15) is 4.79 Å². The van der Waals surface area contributed by atoms with Crippen molar-refractivity contribution in [2.75, 3.05) is 20.2 Å². The van der Waals surface area contributed by atoms with Gasteiger partial charge >= 0.3 is 0 Å². The second-order valence-corrected chi connectivity index (χ2v) is 6.67. The molecule has 1 saturated heterocycles. The number of methoxy groups -OCH3 is 1. The molecule has 0 spiro atoms. The van der Waals surface area contributed by atoms with Crippen molar-refractivity contribution in [3.05, 3.63) is 53.5 Å². The van der Waals surface area contributed by atoms with E-state index in [4.69, 9.17) is 9.47 Å². The van der Waals surface area contributed by atoms with Gasteiger partial charge in [-0.05, 0) is 50.5 Å². The number of aryl methyl sites for hydroxylation is 2. The van der Waals surface area contributed by atoms with E-state index in [1.165, 1.54) is 0 Å². The quantitative estimate of drug-likeness (QED) is 0.760. The third kappa shape index (κ3) is 5.29. The standard InChI is InChI=1S/C21H25N3O3/c1-15-13-20(23-16(2)22-15)27-19-5-4-12-24(14-19)21(25)11-8-17-6-9-18(26-3)10-7-17/h6-11,13,19H,4-5,12,14H2,1-3H3/b11-8+/t19-/m1/s1. The first kappa shape index (κ1) is 18.9. The molecule has 0 saturated carbocycles. The van der Waals surface area contributed by atoms with E-state index in [1.54, 1.807) is 13.2 Å². The van der Waals surface area contributed by atoms with Gasteiger partial charge in [-0.3, -0.25) is 4.79 Å². The molecule has 27 heavy (non-hydrogen) atoms. The Kier molecular flexibility index (Phi) is 6.06. The van der Waals surface area contributed by atoms with E-state index in [1.807, 2.05) is 55.2 Å². The molecule has 1 atom stereocenters. The summed E-state index contributed by atoms with van der Waals surface area (Å²) < 4.78 is 11.1. The van der Waals surface area contributed by atoms with Crippen molar-refractivity contribution < 1.29 is 14.3 Å². The van der Waals surface area contributed by atoms with Crippen LogP contribution in [0.1, 0.15) is 29.9 Å². The minimum absolute atomic E-state index is 0.00540. The lowest BCUT2D eigenvalue weighted by Gasteiger charge is -2.32. The molecule has 0 N–H and O–H groups in total. The molecule has 1 aromatic heterocycles. The fourth-order valence-corrected chi connectivity index (χ4v) is 3.14. The van der Waals surface area contributed by atoms with Gasteiger partial charge in [0.2, 0.25) is 11.8 Å². The van der Waals surface area contributed by atoms with E-state index < -0.39 is 0 Å². The smallest absolute Gasteiger partial charge is 0.246 e. The number of nitrogens with zero attached hydrogens (tertiary/aromatic N) is 3. The molecule has 1 aliphatic heterocycles. The highest BCUT2D eigenvalue weighted by atomic mass is 16.5. The molecule has 142 valence electrons. The third-order valence-corrected chi connectivity index (χ3v) is 4.45. The third-order valence-electron chi connectivity index (χ3n) is 4.45. The van der Waals surface area contributed by atoms with Crippen molar-refractivity contribution >= 4 is 12.0 Å². The van der Waals surface area contributed by atoms with Gasteiger partial charge in [-0.2, -0.15) is 4.98 Å². The van der Waals surface area contributed by atoms with Crippen molar-refractivity contribution in [2.45, 2.75) is 32.8 Å². The highest BCUT2D eigenvalue weighted by Gasteiger charge is 2.24. The van der Waals surface area contributed by atoms with E-state index in [-0.39, 0.29) is 12.0 Å². The fourth-order valence-electron chi connectivity index (χ4n) is 3.14. The number of benzene rings is 1. The Hall–Kier alpha value is -2.89. The first-order chi connectivity index (χ1) is 13.0. The molecule has 0 aliphatic carbocycles. The van der Waals surface area contributed by atoms with E-state index in [0.717, 1.165) is 36.4 Å². The summed E-state index contributed by atoms with van der Waals surface area (Å²) in [5.41, 5.74) is 1.84. The first-order valence-electron chi connectivity index (χ1n) is 9.13. The normalized spacial score (nSPS) is 17.1. The first-order valence-corrected chi connectivity index (χ1v) is 9.13. The van der Waals surface area contributed by atoms with Gasteiger partial charge < -0.3 is 14.4 Å². The van der Waals surface area contributed by atoms with Crippen molar-refractivity contribution in [1.82, 2.24) is 14.9 Å². The molecule has 6 nitrogen and oxygen atoms in total. The molecule has 1 fully saturated rings. The number of hydrogen-bond acceptors (Lipinski definition) is 5. The summed E-state index contributed by atoms with van der Waals surface area (Å²) in [5.74, 6) is 2.06. The average Bonchev–Trinajstić information content (AvgIpc) is 2.66. The van der Waals surface area contributed by atoms with Crippen molar-refractivity contribution in [2.24, 2.45) is 0 Å². The fraction of sp³-hybridized carbons (Fsp3) is 0.381. The molecular formula is C21H25N3O3. The Balaban J connectivity index is 1.59. The predicted octanol–water partition coefficient (Wildman–Crippen LogP) is 3.19. The predicted molar refractivity (Wildman–Crippen MR) is 104 cm³/mol. The van der Waals surface area contributed by atoms with E-state index >= 15 is 0 Å². The Labute approximate surface area is 159 Å². The zero-order chi connectivity index (χ0) is 19.2. The molecule has 1 aromatic carbocycles. The summed E-state index contributed by atoms with van der Waals surface area (Å²) in [7, 11) is 1.63. The van der Waals surface area contributed by atoms with Crippen LogP contribution in [-0.2, 0) is 4.79 Å². The maximum Gasteiger partial charge on any atom is 0.246 e. The van der Waals surface area contributed by atoms with Gasteiger partial charge in [0.25, 0.3) is 0 Å². The molecule has 3 rings (SSSR count). The summed E-state index contributed by atoms with van der Waals surface area (Å²) in [6, 6.07) is 9.42. The van der Waals surface area contributed by atoms with Gasteiger partial charge in [0, 0.05) is 24.4 Å². The Morgan fingerprint density at radius 1 is 1.22 bits per heavy atom. The summed E-state index contributed by atoms with van der Waals surface area (Å²) in [6.07, 6.45) is 5.21. The molecule has 2 aromatic rings. The monoisotopic (exact) mass is 367 g/mol. The second-order valence-electron chi connectivity index (χ2n) is 6.67. The van der Waals surface area contributed by atoms with Crippen LogP contribution in [0.3, 0.4) is 0 Å². The summed E-state index contributed by atoms with van der Waals surface area (Å²) >= 11 is 0. The lowest BCUT2D eigenvalue weighted by Crippen LogP contribution is -2.43. The Bertz CT molecular complexity index is 798. The van der Waals surface area contributed by atoms with E-state index in [2.05, 4.69) is 9.97 Å². The SMILES string of the molecule is COc1ccc(/C=C/C(=O)N2CCC[C@@H](Oc3cc(C)nc(C)n3)C2)cc1. The lowest BCUT2D eigenvalue weighted by atomic mass is 10.1. The summed E-state index contributed by atoms with van der Waals surface area (Å²) in [4.78, 5) is 23.0. The Morgan fingerprint density at radius 2 is 2.00 bits per heavy atom. The van der Waals surface area contributed by atoms with Crippen LogP contribution in [0.4, 0.5) is 0 Å². The molecule has 1 aliphatic rings. The van der Waals surface area contributed by atoms with Crippen LogP contribution in [-0.4, -0.2) is 47.1 Å². The lowest BCUT2D eigenvalue weighted by molar-refractivity contribution is -0.128. The van der Waals surface area contributed by atoms with Crippen LogP contribution >= 0.6 is 0 Å². The zero-order valence-electron chi connectivity index (χ0n) is 16.0. The molecule has 1 amide bonds. The molecular weight excluding hydrogens is 342 g/mol. The van der Waals surface area contributed by atoms with Crippen LogP contribution < -0.4 is 9.47 Å². The number of hydrogen-bond donors (Lipinski definition) is 0. The van der Waals surface area contributed by atoms with Gasteiger partial charge in [-0.15, -0.1) is 0 Å². The number of carbonyl (C=O) groups is 1. The highest BCUT2D eigenvalue weighted by Crippen LogP contribution is 2.18. The number of ether oxygens (including phenoxy) is 2. The molecule has 0 bridgehead atoms. The largest absolute Gasteiger partial charge is 0.497 e. The minimum Gasteiger partial charge on any atom is -0.497 e. The maximum atomic E-state index is 12.5. The van der Waals surface area contributed by atoms with Gasteiger partial charge in [-0.25, -0.2) is 4.98 Å². The second kappa shape index (κ2) is 8.66. The molecule has 2 heterocycles. The highest BCUT2D eigenvalue weighted by molar-refractivity contribution is 5.91. The molecule has 6 heteroatoms. The number of rotatable bonds is 5. The van der Waals surface area contributed by atoms with Crippen LogP contribution in [0.2, 0.25) is 0 Å². The number of aromatic nitrogens is 2. The summed E-state index contributed by atoms with van der Waals surface area (Å²) in [5, 5.41) is 0. The van der Waals surface area contributed by atoms with Crippen LogP contribution in [0, 0.1) is 13.8 Å². The van der Waals surface area contributed by atoms with Crippen LogP contribution in [0.25, 0.3) is 6.08 Å². The number of amides is 1. The Morgan fingerprint density at radius 3 is 2.70 bits per heavy atom. The van der Waals surface area contributed by atoms with Crippen LogP contribution in [0.15, 0.2) is 36.4 Å². The van der Waals surface area contributed by atoms with Crippen LogP contribution in [0.5, 0.6) is 11.6 Å².